The molecule has 1 aromatic carbocycles. The third kappa shape index (κ3) is 1.54. The second kappa shape index (κ2) is 3.64. The lowest BCUT2D eigenvalue weighted by atomic mass is 10.1. The van der Waals surface area contributed by atoms with Crippen molar-refractivity contribution < 1.29 is 4.74 Å². The maximum atomic E-state index is 5.53. The van der Waals surface area contributed by atoms with Crippen LogP contribution in [0.15, 0.2) is 30.5 Å². The first-order valence-electron chi connectivity index (χ1n) is 4.46. The summed E-state index contributed by atoms with van der Waals surface area (Å²) in [7, 11) is 1.65. The highest BCUT2D eigenvalue weighted by atomic mass is 16.5. The molecule has 14 heavy (non-hydrogen) atoms. The topological polar surface area (TPSA) is 48.1 Å². The molecule has 0 spiro atoms. The van der Waals surface area contributed by atoms with Gasteiger partial charge in [-0.2, -0.15) is 0 Å². The quantitative estimate of drug-likeness (QED) is 0.780. The van der Waals surface area contributed by atoms with Gasteiger partial charge in [0.15, 0.2) is 0 Å². The van der Waals surface area contributed by atoms with Gasteiger partial charge in [0.25, 0.3) is 0 Å². The Hall–Kier alpha value is -1.61. The maximum absolute atomic E-state index is 5.53. The van der Waals surface area contributed by atoms with Gasteiger partial charge < -0.3 is 10.5 Å². The van der Waals surface area contributed by atoms with Crippen molar-refractivity contribution in [1.82, 2.24) is 4.98 Å². The van der Waals surface area contributed by atoms with Crippen molar-refractivity contribution >= 4 is 10.9 Å². The standard InChI is InChI=1S/C11H12N2O/c1-14-10-3-2-9-4-8(6-12)7-13-11(9)5-10/h2-5,7H,6,12H2,1H3. The zero-order valence-corrected chi connectivity index (χ0v) is 8.03. The van der Waals surface area contributed by atoms with Gasteiger partial charge >= 0.3 is 0 Å². The minimum Gasteiger partial charge on any atom is -0.497 e. The van der Waals surface area contributed by atoms with Gasteiger partial charge in [-0.25, -0.2) is 0 Å². The van der Waals surface area contributed by atoms with E-state index in [1.54, 1.807) is 13.3 Å². The molecule has 2 aromatic rings. The van der Waals surface area contributed by atoms with Crippen LogP contribution in [0.2, 0.25) is 0 Å². The number of benzene rings is 1. The van der Waals surface area contributed by atoms with Crippen LogP contribution in [0.3, 0.4) is 0 Å². The predicted molar refractivity (Wildman–Crippen MR) is 56.2 cm³/mol. The Morgan fingerprint density at radius 1 is 1.36 bits per heavy atom. The molecule has 3 heteroatoms. The molecule has 0 fully saturated rings. The average Bonchev–Trinajstić information content (AvgIpc) is 2.27. The van der Waals surface area contributed by atoms with Crippen LogP contribution >= 0.6 is 0 Å². The van der Waals surface area contributed by atoms with Gasteiger partial charge in [0, 0.05) is 24.2 Å². The molecule has 0 saturated heterocycles. The van der Waals surface area contributed by atoms with Gasteiger partial charge in [-0.3, -0.25) is 4.98 Å². The number of ether oxygens (including phenoxy) is 1. The molecule has 0 radical (unpaired) electrons. The van der Waals surface area contributed by atoms with Crippen molar-refractivity contribution in [3.63, 3.8) is 0 Å². The zero-order chi connectivity index (χ0) is 9.97. The van der Waals surface area contributed by atoms with Crippen molar-refractivity contribution in [2.24, 2.45) is 5.73 Å². The van der Waals surface area contributed by atoms with Crippen LogP contribution in [0.1, 0.15) is 5.56 Å². The van der Waals surface area contributed by atoms with Gasteiger partial charge in [-0.1, -0.05) is 0 Å². The molecule has 0 saturated carbocycles. The highest BCUT2D eigenvalue weighted by molar-refractivity contribution is 5.80. The second-order valence-electron chi connectivity index (χ2n) is 3.11. The lowest BCUT2D eigenvalue weighted by Crippen LogP contribution is -1.96. The Labute approximate surface area is 82.5 Å². The van der Waals surface area contributed by atoms with Crippen molar-refractivity contribution in [2.45, 2.75) is 6.54 Å². The first-order chi connectivity index (χ1) is 6.83. The number of fused-ring (bicyclic) bond motifs is 1. The Morgan fingerprint density at radius 3 is 2.93 bits per heavy atom. The first kappa shape index (κ1) is 8.97. The molecule has 2 N–H and O–H groups in total. The van der Waals surface area contributed by atoms with Crippen molar-refractivity contribution in [3.8, 4) is 5.75 Å². The minimum absolute atomic E-state index is 0.523. The van der Waals surface area contributed by atoms with Crippen LogP contribution in [0.5, 0.6) is 5.75 Å². The summed E-state index contributed by atoms with van der Waals surface area (Å²) in [6.07, 6.45) is 1.79. The summed E-state index contributed by atoms with van der Waals surface area (Å²) in [6, 6.07) is 7.86. The highest BCUT2D eigenvalue weighted by Crippen LogP contribution is 2.19. The molecule has 0 aliphatic carbocycles. The maximum Gasteiger partial charge on any atom is 0.121 e. The molecule has 1 aromatic heterocycles. The summed E-state index contributed by atoms with van der Waals surface area (Å²) >= 11 is 0. The molecule has 0 atom stereocenters. The number of rotatable bonds is 2. The molecule has 1 heterocycles. The van der Waals surface area contributed by atoms with E-state index in [0.717, 1.165) is 22.2 Å². The summed E-state index contributed by atoms with van der Waals surface area (Å²) in [6.45, 7) is 0.523. The van der Waals surface area contributed by atoms with E-state index in [0.29, 0.717) is 6.54 Å². The first-order valence-corrected chi connectivity index (χ1v) is 4.46. The van der Waals surface area contributed by atoms with E-state index in [1.807, 2.05) is 24.3 Å². The molecule has 72 valence electrons. The molecular formula is C11H12N2O. The fourth-order valence-electron chi connectivity index (χ4n) is 1.39. The molecule has 3 nitrogen and oxygen atoms in total. The number of aromatic nitrogens is 1. The van der Waals surface area contributed by atoms with Crippen molar-refractivity contribution in [3.05, 3.63) is 36.0 Å². The molecule has 0 bridgehead atoms. The normalized spacial score (nSPS) is 10.4. The number of methoxy groups -OCH3 is 1. The molecule has 0 aliphatic rings. The SMILES string of the molecule is COc1ccc2cc(CN)cnc2c1. The van der Waals surface area contributed by atoms with Crippen LogP contribution in [0, 0.1) is 0 Å². The van der Waals surface area contributed by atoms with Crippen LogP contribution in [0.25, 0.3) is 10.9 Å². The average molecular weight is 188 g/mol. The van der Waals surface area contributed by atoms with Crippen LogP contribution in [-0.4, -0.2) is 12.1 Å². The molecule has 0 unspecified atom stereocenters. The monoisotopic (exact) mass is 188 g/mol. The zero-order valence-electron chi connectivity index (χ0n) is 8.03. The Balaban J connectivity index is 2.57. The largest absolute Gasteiger partial charge is 0.497 e. The molecule has 0 amide bonds. The van der Waals surface area contributed by atoms with E-state index in [1.165, 1.54) is 0 Å². The fraction of sp³-hybridized carbons (Fsp3) is 0.182. The summed E-state index contributed by atoms with van der Waals surface area (Å²) in [5.74, 6) is 0.825. The Morgan fingerprint density at radius 2 is 2.21 bits per heavy atom. The third-order valence-electron chi connectivity index (χ3n) is 2.18. The Kier molecular flexibility index (Phi) is 2.33. The summed E-state index contributed by atoms with van der Waals surface area (Å²) in [5, 5.41) is 1.09. The van der Waals surface area contributed by atoms with E-state index < -0.39 is 0 Å². The summed E-state index contributed by atoms with van der Waals surface area (Å²) < 4.78 is 5.11. The number of pyridine rings is 1. The van der Waals surface area contributed by atoms with E-state index in [9.17, 15) is 0 Å². The molecule has 2 rings (SSSR count). The van der Waals surface area contributed by atoms with E-state index >= 15 is 0 Å². The second-order valence-corrected chi connectivity index (χ2v) is 3.11. The van der Waals surface area contributed by atoms with Crippen molar-refractivity contribution in [2.75, 3.05) is 7.11 Å². The van der Waals surface area contributed by atoms with Gasteiger partial charge in [0.2, 0.25) is 0 Å². The van der Waals surface area contributed by atoms with E-state index in [4.69, 9.17) is 10.5 Å². The number of hydrogen-bond donors (Lipinski definition) is 1. The fourth-order valence-corrected chi connectivity index (χ4v) is 1.39. The molecule has 0 aliphatic heterocycles. The molecular weight excluding hydrogens is 176 g/mol. The van der Waals surface area contributed by atoms with Gasteiger partial charge in [0.05, 0.1) is 12.6 Å². The van der Waals surface area contributed by atoms with Gasteiger partial charge in [0.1, 0.15) is 5.75 Å². The van der Waals surface area contributed by atoms with Gasteiger partial charge in [-0.15, -0.1) is 0 Å². The number of nitrogens with two attached hydrogens (primary N) is 1. The number of hydrogen-bond acceptors (Lipinski definition) is 3. The van der Waals surface area contributed by atoms with Crippen LogP contribution in [0.4, 0.5) is 0 Å². The lowest BCUT2D eigenvalue weighted by Gasteiger charge is -2.03. The van der Waals surface area contributed by atoms with Crippen molar-refractivity contribution in [1.29, 1.82) is 0 Å². The summed E-state index contributed by atoms with van der Waals surface area (Å²) in [5.41, 5.74) is 7.51. The van der Waals surface area contributed by atoms with E-state index in [2.05, 4.69) is 4.98 Å². The van der Waals surface area contributed by atoms with Gasteiger partial charge in [-0.05, 0) is 23.8 Å². The number of nitrogens with zero attached hydrogens (tertiary/aromatic N) is 1. The Bertz CT molecular complexity index is 411. The summed E-state index contributed by atoms with van der Waals surface area (Å²) in [4.78, 5) is 4.30. The van der Waals surface area contributed by atoms with Crippen LogP contribution < -0.4 is 10.5 Å². The van der Waals surface area contributed by atoms with Crippen LogP contribution in [-0.2, 0) is 6.54 Å². The highest BCUT2D eigenvalue weighted by Gasteiger charge is 1.98. The lowest BCUT2D eigenvalue weighted by molar-refractivity contribution is 0.415. The third-order valence-corrected chi connectivity index (χ3v) is 2.18. The minimum atomic E-state index is 0.523. The van der Waals surface area contributed by atoms with E-state index in [-0.39, 0.29) is 0 Å². The predicted octanol–water partition coefficient (Wildman–Crippen LogP) is 1.70. The smallest absolute Gasteiger partial charge is 0.121 e.